The smallest absolute Gasteiger partial charge is 0.219 e. The fourth-order valence-electron chi connectivity index (χ4n) is 4.83. The van der Waals surface area contributed by atoms with Crippen LogP contribution >= 0.6 is 0 Å². The summed E-state index contributed by atoms with van der Waals surface area (Å²) in [5.41, 5.74) is 3.78. The van der Waals surface area contributed by atoms with Gasteiger partial charge in [-0.2, -0.15) is 0 Å². The first kappa shape index (κ1) is 20.8. The summed E-state index contributed by atoms with van der Waals surface area (Å²) in [4.78, 5) is 21.0. The number of aromatic nitrogens is 1. The topological polar surface area (TPSA) is 48.5 Å². The molecule has 1 aromatic carbocycles. The van der Waals surface area contributed by atoms with Gasteiger partial charge in [-0.15, -0.1) is 0 Å². The van der Waals surface area contributed by atoms with Crippen LogP contribution in [0.15, 0.2) is 36.4 Å². The number of hydrogen-bond donors (Lipinski definition) is 1. The number of pyridine rings is 1. The fraction of sp³-hybridized carbons (Fsp3) is 0.500. The van der Waals surface area contributed by atoms with Crippen molar-refractivity contribution in [1.29, 1.82) is 0 Å². The van der Waals surface area contributed by atoms with Gasteiger partial charge < -0.3 is 10.2 Å². The summed E-state index contributed by atoms with van der Waals surface area (Å²) >= 11 is 0. The summed E-state index contributed by atoms with van der Waals surface area (Å²) in [5.74, 6) is 0.342. The highest BCUT2D eigenvalue weighted by atomic mass is 19.1. The van der Waals surface area contributed by atoms with Gasteiger partial charge in [0, 0.05) is 61.3 Å². The molecule has 0 spiro atoms. The zero-order valence-corrected chi connectivity index (χ0v) is 17.9. The monoisotopic (exact) mass is 410 g/mol. The van der Waals surface area contributed by atoms with E-state index in [1.165, 1.54) is 18.6 Å². The SMILES string of the molecule is CC(=O)N1CCC(N2CCCC(c3cc(Nc4cccc(F)c4)cc(C)n3)C2)CC1. The Morgan fingerprint density at radius 1 is 1.10 bits per heavy atom. The molecule has 1 N–H and O–H groups in total. The molecule has 2 aromatic rings. The van der Waals surface area contributed by atoms with E-state index in [2.05, 4.69) is 16.3 Å². The molecule has 2 aliphatic heterocycles. The van der Waals surface area contributed by atoms with E-state index >= 15 is 0 Å². The Hall–Kier alpha value is -2.47. The van der Waals surface area contributed by atoms with Crippen LogP contribution in [-0.4, -0.2) is 52.9 Å². The van der Waals surface area contributed by atoms with Gasteiger partial charge >= 0.3 is 0 Å². The summed E-state index contributed by atoms with van der Waals surface area (Å²) in [5, 5.41) is 3.32. The molecule has 0 saturated carbocycles. The van der Waals surface area contributed by atoms with E-state index in [0.717, 1.165) is 68.2 Å². The van der Waals surface area contributed by atoms with Crippen molar-refractivity contribution >= 4 is 17.3 Å². The van der Waals surface area contributed by atoms with Gasteiger partial charge in [-0.3, -0.25) is 14.7 Å². The minimum Gasteiger partial charge on any atom is -0.355 e. The van der Waals surface area contributed by atoms with Crippen molar-refractivity contribution < 1.29 is 9.18 Å². The molecule has 160 valence electrons. The van der Waals surface area contributed by atoms with Gasteiger partial charge in [0.2, 0.25) is 5.91 Å². The second-order valence-electron chi connectivity index (χ2n) is 8.63. The quantitative estimate of drug-likeness (QED) is 0.808. The summed E-state index contributed by atoms with van der Waals surface area (Å²) in [6.07, 6.45) is 4.42. The lowest BCUT2D eigenvalue weighted by molar-refractivity contribution is -0.130. The van der Waals surface area contributed by atoms with Crippen LogP contribution in [0.2, 0.25) is 0 Å². The highest BCUT2D eigenvalue weighted by Gasteiger charge is 2.30. The minimum atomic E-state index is -0.246. The molecule has 5 nitrogen and oxygen atoms in total. The van der Waals surface area contributed by atoms with Crippen molar-refractivity contribution in [2.24, 2.45) is 0 Å². The summed E-state index contributed by atoms with van der Waals surface area (Å²) in [6, 6.07) is 11.2. The predicted molar refractivity (Wildman–Crippen MR) is 117 cm³/mol. The standard InChI is InChI=1S/C24H31FN4O/c1-17-13-22(27-21-7-3-6-20(25)14-21)15-24(26-17)19-5-4-10-29(16-19)23-8-11-28(12-9-23)18(2)30/h3,6-7,13-15,19,23H,4-5,8-12,16H2,1-2H3,(H,26,27). The Balaban J connectivity index is 1.44. The molecule has 1 amide bonds. The second-order valence-corrected chi connectivity index (χ2v) is 8.63. The highest BCUT2D eigenvalue weighted by molar-refractivity contribution is 5.73. The molecule has 1 atom stereocenters. The van der Waals surface area contributed by atoms with Crippen LogP contribution in [0.4, 0.5) is 15.8 Å². The molecule has 0 bridgehead atoms. The van der Waals surface area contributed by atoms with Crippen LogP contribution in [0.25, 0.3) is 0 Å². The Bertz CT molecular complexity index is 895. The number of nitrogens with one attached hydrogen (secondary N) is 1. The van der Waals surface area contributed by atoms with Crippen molar-refractivity contribution in [3.8, 4) is 0 Å². The first-order valence-electron chi connectivity index (χ1n) is 11.0. The van der Waals surface area contributed by atoms with Gasteiger partial charge in [-0.05, 0) is 69.5 Å². The van der Waals surface area contributed by atoms with E-state index in [1.54, 1.807) is 13.0 Å². The summed E-state index contributed by atoms with van der Waals surface area (Å²) in [7, 11) is 0. The number of benzene rings is 1. The van der Waals surface area contributed by atoms with Crippen LogP contribution in [-0.2, 0) is 4.79 Å². The number of carbonyl (C=O) groups is 1. The Kier molecular flexibility index (Phi) is 6.32. The molecule has 2 aliphatic rings. The Labute approximate surface area is 178 Å². The van der Waals surface area contributed by atoms with Gasteiger partial charge in [-0.25, -0.2) is 4.39 Å². The van der Waals surface area contributed by atoms with Gasteiger partial charge in [0.05, 0.1) is 0 Å². The molecule has 1 unspecified atom stereocenters. The van der Waals surface area contributed by atoms with Crippen LogP contribution < -0.4 is 5.32 Å². The molecular weight excluding hydrogens is 379 g/mol. The maximum Gasteiger partial charge on any atom is 0.219 e. The average molecular weight is 411 g/mol. The molecule has 1 aromatic heterocycles. The lowest BCUT2D eigenvalue weighted by atomic mass is 9.91. The number of piperidine rings is 2. The number of anilines is 2. The maximum absolute atomic E-state index is 13.5. The third-order valence-corrected chi connectivity index (χ3v) is 6.38. The average Bonchev–Trinajstić information content (AvgIpc) is 2.73. The lowest BCUT2D eigenvalue weighted by Crippen LogP contribution is -2.49. The van der Waals surface area contributed by atoms with Crippen molar-refractivity contribution in [2.45, 2.75) is 51.5 Å². The van der Waals surface area contributed by atoms with E-state index in [-0.39, 0.29) is 11.7 Å². The van der Waals surface area contributed by atoms with Crippen LogP contribution in [0.5, 0.6) is 0 Å². The molecule has 3 heterocycles. The van der Waals surface area contributed by atoms with Gasteiger partial charge in [0.25, 0.3) is 0 Å². The third kappa shape index (κ3) is 4.98. The maximum atomic E-state index is 13.5. The van der Waals surface area contributed by atoms with Crippen LogP contribution in [0.1, 0.15) is 49.9 Å². The third-order valence-electron chi connectivity index (χ3n) is 6.38. The number of halogens is 1. The number of hydrogen-bond acceptors (Lipinski definition) is 4. The van der Waals surface area contributed by atoms with E-state index < -0.39 is 0 Å². The van der Waals surface area contributed by atoms with E-state index in [0.29, 0.717) is 12.0 Å². The van der Waals surface area contributed by atoms with Gasteiger partial charge in [0.15, 0.2) is 0 Å². The van der Waals surface area contributed by atoms with Gasteiger partial charge in [-0.1, -0.05) is 6.07 Å². The Morgan fingerprint density at radius 2 is 1.90 bits per heavy atom. The molecule has 2 saturated heterocycles. The second kappa shape index (κ2) is 9.13. The molecular formula is C24H31FN4O. The molecule has 30 heavy (non-hydrogen) atoms. The molecule has 6 heteroatoms. The van der Waals surface area contributed by atoms with E-state index in [4.69, 9.17) is 4.98 Å². The summed E-state index contributed by atoms with van der Waals surface area (Å²) < 4.78 is 13.5. The number of nitrogens with zero attached hydrogens (tertiary/aromatic N) is 3. The number of amides is 1. The number of rotatable bonds is 4. The minimum absolute atomic E-state index is 0.187. The molecule has 4 rings (SSSR count). The van der Waals surface area contributed by atoms with E-state index in [1.807, 2.05) is 24.0 Å². The van der Waals surface area contributed by atoms with Crippen LogP contribution in [0, 0.1) is 12.7 Å². The van der Waals surface area contributed by atoms with Crippen molar-refractivity contribution in [3.63, 3.8) is 0 Å². The molecule has 0 radical (unpaired) electrons. The van der Waals surface area contributed by atoms with Crippen molar-refractivity contribution in [1.82, 2.24) is 14.8 Å². The lowest BCUT2D eigenvalue weighted by Gasteiger charge is -2.42. The van der Waals surface area contributed by atoms with Crippen molar-refractivity contribution in [3.05, 3.63) is 53.6 Å². The van der Waals surface area contributed by atoms with Crippen molar-refractivity contribution in [2.75, 3.05) is 31.5 Å². The van der Waals surface area contributed by atoms with Gasteiger partial charge in [0.1, 0.15) is 5.82 Å². The zero-order valence-electron chi connectivity index (χ0n) is 17.9. The van der Waals surface area contributed by atoms with E-state index in [9.17, 15) is 9.18 Å². The fourth-order valence-corrected chi connectivity index (χ4v) is 4.83. The normalized spacial score (nSPS) is 20.9. The molecule has 0 aliphatic carbocycles. The number of likely N-dealkylation sites (tertiary alicyclic amines) is 2. The number of carbonyl (C=O) groups excluding carboxylic acids is 1. The highest BCUT2D eigenvalue weighted by Crippen LogP contribution is 2.31. The first-order chi connectivity index (χ1) is 14.5. The first-order valence-corrected chi connectivity index (χ1v) is 11.0. The predicted octanol–water partition coefficient (Wildman–Crippen LogP) is 4.46. The number of aryl methyl sites for hydroxylation is 1. The summed E-state index contributed by atoms with van der Waals surface area (Å²) in [6.45, 7) is 7.55. The molecule has 2 fully saturated rings. The van der Waals surface area contributed by atoms with Crippen LogP contribution in [0.3, 0.4) is 0 Å². The largest absolute Gasteiger partial charge is 0.355 e. The zero-order chi connectivity index (χ0) is 21.1. The Morgan fingerprint density at radius 3 is 2.63 bits per heavy atom.